The van der Waals surface area contributed by atoms with Crippen LogP contribution in [-0.4, -0.2) is 30.2 Å². The van der Waals surface area contributed by atoms with Gasteiger partial charge in [0.05, 0.1) is 13.2 Å². The lowest BCUT2D eigenvalue weighted by molar-refractivity contribution is 0.00929. The van der Waals surface area contributed by atoms with Gasteiger partial charge in [0.25, 0.3) is 0 Å². The molecule has 1 aliphatic heterocycles. The SMILES string of the molecule is COc1ccccc1C1CCCCN1C(=O)OC(C)(C)C. The van der Waals surface area contributed by atoms with E-state index in [4.69, 9.17) is 9.47 Å². The van der Waals surface area contributed by atoms with Crippen LogP contribution in [0.5, 0.6) is 5.75 Å². The third-order valence-electron chi connectivity index (χ3n) is 3.63. The Balaban J connectivity index is 2.25. The zero-order chi connectivity index (χ0) is 15.5. The van der Waals surface area contributed by atoms with E-state index in [2.05, 4.69) is 0 Å². The molecule has 0 radical (unpaired) electrons. The molecule has 0 bridgehead atoms. The molecule has 4 heteroatoms. The first-order valence-electron chi connectivity index (χ1n) is 7.55. The lowest BCUT2D eigenvalue weighted by atomic mass is 9.95. The molecule has 0 aromatic heterocycles. The van der Waals surface area contributed by atoms with Gasteiger partial charge in [0.15, 0.2) is 0 Å². The van der Waals surface area contributed by atoms with Gasteiger partial charge in [-0.1, -0.05) is 18.2 Å². The zero-order valence-electron chi connectivity index (χ0n) is 13.4. The number of carbonyl (C=O) groups excluding carboxylic acids is 1. The highest BCUT2D eigenvalue weighted by Crippen LogP contribution is 2.36. The molecule has 4 nitrogen and oxygen atoms in total. The molecule has 0 spiro atoms. The van der Waals surface area contributed by atoms with Gasteiger partial charge in [-0.15, -0.1) is 0 Å². The number of hydrogen-bond acceptors (Lipinski definition) is 3. The van der Waals surface area contributed by atoms with E-state index in [0.717, 1.165) is 37.1 Å². The minimum absolute atomic E-state index is 0.0322. The number of rotatable bonds is 2. The second kappa shape index (κ2) is 6.37. The van der Waals surface area contributed by atoms with Crippen molar-refractivity contribution in [3.8, 4) is 5.75 Å². The van der Waals surface area contributed by atoms with Gasteiger partial charge in [-0.2, -0.15) is 0 Å². The minimum atomic E-state index is -0.472. The van der Waals surface area contributed by atoms with Gasteiger partial charge in [-0.25, -0.2) is 4.79 Å². The molecule has 0 aliphatic carbocycles. The van der Waals surface area contributed by atoms with Crippen LogP contribution in [0.1, 0.15) is 51.6 Å². The van der Waals surface area contributed by atoms with Crippen LogP contribution in [0.25, 0.3) is 0 Å². The second-order valence-corrected chi connectivity index (χ2v) is 6.43. The molecule has 1 aliphatic rings. The fourth-order valence-electron chi connectivity index (χ4n) is 2.74. The van der Waals surface area contributed by atoms with Crippen molar-refractivity contribution in [2.45, 2.75) is 51.7 Å². The van der Waals surface area contributed by atoms with Crippen molar-refractivity contribution in [3.05, 3.63) is 29.8 Å². The van der Waals surface area contributed by atoms with Gasteiger partial charge >= 0.3 is 6.09 Å². The highest BCUT2D eigenvalue weighted by atomic mass is 16.6. The normalized spacial score (nSPS) is 19.2. The molecule has 1 aromatic rings. The molecule has 116 valence electrons. The van der Waals surface area contributed by atoms with E-state index in [9.17, 15) is 4.79 Å². The van der Waals surface area contributed by atoms with Crippen LogP contribution in [0.15, 0.2) is 24.3 Å². The fraction of sp³-hybridized carbons (Fsp3) is 0.588. The molecule has 0 saturated carbocycles. The quantitative estimate of drug-likeness (QED) is 0.821. The number of carbonyl (C=O) groups is 1. The Bertz CT molecular complexity index is 493. The Morgan fingerprint density at radius 2 is 1.95 bits per heavy atom. The summed E-state index contributed by atoms with van der Waals surface area (Å²) in [6.07, 6.45) is 2.84. The molecule has 1 heterocycles. The number of benzene rings is 1. The van der Waals surface area contributed by atoms with Gasteiger partial charge in [0, 0.05) is 12.1 Å². The third kappa shape index (κ3) is 3.90. The van der Waals surface area contributed by atoms with E-state index < -0.39 is 5.60 Å². The average Bonchev–Trinajstić information content (AvgIpc) is 2.45. The Hall–Kier alpha value is -1.71. The van der Waals surface area contributed by atoms with Crippen molar-refractivity contribution in [1.29, 1.82) is 0 Å². The highest BCUT2D eigenvalue weighted by molar-refractivity contribution is 5.69. The van der Waals surface area contributed by atoms with Gasteiger partial charge in [0.1, 0.15) is 11.4 Å². The number of methoxy groups -OCH3 is 1. The van der Waals surface area contributed by atoms with Crippen molar-refractivity contribution >= 4 is 6.09 Å². The predicted octanol–water partition coefficient (Wildman–Crippen LogP) is 4.16. The first-order chi connectivity index (χ1) is 9.92. The van der Waals surface area contributed by atoms with E-state index in [0.29, 0.717) is 0 Å². The lowest BCUT2D eigenvalue weighted by Gasteiger charge is -2.37. The summed E-state index contributed by atoms with van der Waals surface area (Å²) < 4.78 is 11.0. The number of amides is 1. The van der Waals surface area contributed by atoms with Crippen molar-refractivity contribution in [2.75, 3.05) is 13.7 Å². The molecule has 0 N–H and O–H groups in total. The molecule has 2 rings (SSSR count). The van der Waals surface area contributed by atoms with Gasteiger partial charge in [-0.3, -0.25) is 0 Å². The molecule has 1 aromatic carbocycles. The van der Waals surface area contributed by atoms with Crippen molar-refractivity contribution in [2.24, 2.45) is 0 Å². The van der Waals surface area contributed by atoms with Crippen LogP contribution in [-0.2, 0) is 4.74 Å². The maximum atomic E-state index is 12.5. The highest BCUT2D eigenvalue weighted by Gasteiger charge is 2.32. The largest absolute Gasteiger partial charge is 0.496 e. The monoisotopic (exact) mass is 291 g/mol. The molecule has 21 heavy (non-hydrogen) atoms. The summed E-state index contributed by atoms with van der Waals surface area (Å²) in [6, 6.07) is 7.94. The smallest absolute Gasteiger partial charge is 0.410 e. The van der Waals surface area contributed by atoms with E-state index in [1.165, 1.54) is 0 Å². The van der Waals surface area contributed by atoms with Gasteiger partial charge < -0.3 is 14.4 Å². The Kier molecular flexibility index (Phi) is 4.76. The average molecular weight is 291 g/mol. The minimum Gasteiger partial charge on any atom is -0.496 e. The van der Waals surface area contributed by atoms with Crippen LogP contribution in [0.4, 0.5) is 4.79 Å². The predicted molar refractivity (Wildman–Crippen MR) is 82.5 cm³/mol. The second-order valence-electron chi connectivity index (χ2n) is 6.43. The number of hydrogen-bond donors (Lipinski definition) is 0. The number of nitrogens with zero attached hydrogens (tertiary/aromatic N) is 1. The summed E-state index contributed by atoms with van der Waals surface area (Å²) in [7, 11) is 1.67. The van der Waals surface area contributed by atoms with Crippen LogP contribution >= 0.6 is 0 Å². The van der Waals surface area contributed by atoms with E-state index in [1.807, 2.05) is 49.9 Å². The Morgan fingerprint density at radius 1 is 1.24 bits per heavy atom. The number of para-hydroxylation sites is 1. The number of likely N-dealkylation sites (tertiary alicyclic amines) is 1. The van der Waals surface area contributed by atoms with E-state index in [-0.39, 0.29) is 12.1 Å². The lowest BCUT2D eigenvalue weighted by Crippen LogP contribution is -2.41. The molecular formula is C17H25NO3. The summed E-state index contributed by atoms with van der Waals surface area (Å²) in [6.45, 7) is 6.42. The molecule has 1 atom stereocenters. The summed E-state index contributed by atoms with van der Waals surface area (Å²) in [5, 5.41) is 0. The number of piperidine rings is 1. The molecule has 1 fully saturated rings. The fourth-order valence-corrected chi connectivity index (χ4v) is 2.74. The van der Waals surface area contributed by atoms with Crippen LogP contribution in [0.2, 0.25) is 0 Å². The summed E-state index contributed by atoms with van der Waals surface area (Å²) in [5.74, 6) is 0.831. The van der Waals surface area contributed by atoms with Gasteiger partial charge in [0.2, 0.25) is 0 Å². The van der Waals surface area contributed by atoms with Crippen LogP contribution in [0, 0.1) is 0 Å². The van der Waals surface area contributed by atoms with Crippen molar-refractivity contribution in [3.63, 3.8) is 0 Å². The molecule has 1 unspecified atom stereocenters. The Morgan fingerprint density at radius 3 is 2.62 bits per heavy atom. The standard InChI is InChI=1S/C17H25NO3/c1-17(2,3)21-16(19)18-12-8-7-10-14(18)13-9-5-6-11-15(13)20-4/h5-6,9,11,14H,7-8,10,12H2,1-4H3. The first kappa shape index (κ1) is 15.7. The van der Waals surface area contributed by atoms with E-state index >= 15 is 0 Å². The third-order valence-corrected chi connectivity index (χ3v) is 3.63. The summed E-state index contributed by atoms with van der Waals surface area (Å²) in [4.78, 5) is 14.3. The molecular weight excluding hydrogens is 266 g/mol. The molecule has 1 amide bonds. The van der Waals surface area contributed by atoms with Gasteiger partial charge in [-0.05, 0) is 46.1 Å². The van der Waals surface area contributed by atoms with Crippen LogP contribution < -0.4 is 4.74 Å². The maximum Gasteiger partial charge on any atom is 0.410 e. The van der Waals surface area contributed by atoms with Crippen molar-refractivity contribution < 1.29 is 14.3 Å². The van der Waals surface area contributed by atoms with Crippen LogP contribution in [0.3, 0.4) is 0 Å². The number of ether oxygens (including phenoxy) is 2. The first-order valence-corrected chi connectivity index (χ1v) is 7.55. The maximum absolute atomic E-state index is 12.5. The topological polar surface area (TPSA) is 38.8 Å². The zero-order valence-corrected chi connectivity index (χ0v) is 13.4. The molecule has 1 saturated heterocycles. The van der Waals surface area contributed by atoms with Crippen molar-refractivity contribution in [1.82, 2.24) is 4.90 Å². The summed E-state index contributed by atoms with van der Waals surface area (Å²) >= 11 is 0. The summed E-state index contributed by atoms with van der Waals surface area (Å²) in [5.41, 5.74) is 0.588. The van der Waals surface area contributed by atoms with E-state index in [1.54, 1.807) is 7.11 Å². The Labute approximate surface area is 127 Å².